The lowest BCUT2D eigenvalue weighted by Gasteiger charge is -2.34. The Morgan fingerprint density at radius 2 is 2.30 bits per heavy atom. The van der Waals surface area contributed by atoms with Gasteiger partial charge in [-0.2, -0.15) is 0 Å². The van der Waals surface area contributed by atoms with Crippen LogP contribution in [0.2, 0.25) is 0 Å². The lowest BCUT2D eigenvalue weighted by molar-refractivity contribution is -0.134. The molecule has 2 atom stereocenters. The van der Waals surface area contributed by atoms with Gasteiger partial charge in [0.15, 0.2) is 0 Å². The summed E-state index contributed by atoms with van der Waals surface area (Å²) in [4.78, 5) is 14.7. The second kappa shape index (κ2) is 6.39. The highest BCUT2D eigenvalue weighted by Crippen LogP contribution is 2.27. The molecule has 0 aliphatic carbocycles. The number of likely N-dealkylation sites (tertiary alicyclic amines) is 1. The fraction of sp³-hybridized carbons (Fsp3) is 0.733. The first-order valence-electron chi connectivity index (χ1n) is 7.40. The standard InChI is InChI=1S/C15H25N3O2/c1-10(14-11(2)17-20-12(14)3)15(19)18-7-5-6-13(9-18)8-16-4/h10,13,16H,5-9H2,1-4H3. The average molecular weight is 279 g/mol. The number of nitrogens with one attached hydrogen (secondary N) is 1. The van der Waals surface area contributed by atoms with Crippen LogP contribution >= 0.6 is 0 Å². The molecule has 2 heterocycles. The lowest BCUT2D eigenvalue weighted by atomic mass is 9.94. The van der Waals surface area contributed by atoms with Crippen molar-refractivity contribution in [2.75, 3.05) is 26.7 Å². The minimum Gasteiger partial charge on any atom is -0.361 e. The summed E-state index contributed by atoms with van der Waals surface area (Å²) in [6.45, 7) is 8.43. The van der Waals surface area contributed by atoms with Gasteiger partial charge in [0.1, 0.15) is 5.76 Å². The number of piperidine rings is 1. The summed E-state index contributed by atoms with van der Waals surface area (Å²) in [5, 5.41) is 7.16. The van der Waals surface area contributed by atoms with E-state index in [1.54, 1.807) is 0 Å². The van der Waals surface area contributed by atoms with Crippen molar-refractivity contribution in [3.05, 3.63) is 17.0 Å². The van der Waals surface area contributed by atoms with Crippen molar-refractivity contribution >= 4 is 5.91 Å². The van der Waals surface area contributed by atoms with Crippen molar-refractivity contribution in [1.29, 1.82) is 0 Å². The highest BCUT2D eigenvalue weighted by molar-refractivity contribution is 5.84. The van der Waals surface area contributed by atoms with Crippen molar-refractivity contribution in [3.8, 4) is 0 Å². The van der Waals surface area contributed by atoms with Gasteiger partial charge >= 0.3 is 0 Å². The lowest BCUT2D eigenvalue weighted by Crippen LogP contribution is -2.44. The molecular weight excluding hydrogens is 254 g/mol. The van der Waals surface area contributed by atoms with Gasteiger partial charge in [0.25, 0.3) is 0 Å². The first kappa shape index (κ1) is 15.0. The topological polar surface area (TPSA) is 58.4 Å². The fourth-order valence-electron chi connectivity index (χ4n) is 3.23. The number of carbonyl (C=O) groups excluding carboxylic acids is 1. The van der Waals surface area contributed by atoms with E-state index in [1.807, 2.05) is 32.7 Å². The molecule has 112 valence electrons. The highest BCUT2D eigenvalue weighted by atomic mass is 16.5. The van der Waals surface area contributed by atoms with Gasteiger partial charge in [-0.15, -0.1) is 0 Å². The molecule has 2 unspecified atom stereocenters. The van der Waals surface area contributed by atoms with Gasteiger partial charge in [0.05, 0.1) is 11.6 Å². The third-order valence-electron chi connectivity index (χ3n) is 4.22. The zero-order valence-electron chi connectivity index (χ0n) is 12.9. The summed E-state index contributed by atoms with van der Waals surface area (Å²) in [6, 6.07) is 0. The molecule has 5 nitrogen and oxygen atoms in total. The minimum atomic E-state index is -0.172. The summed E-state index contributed by atoms with van der Waals surface area (Å²) >= 11 is 0. The van der Waals surface area contributed by atoms with Crippen LogP contribution in [-0.4, -0.2) is 42.6 Å². The number of amides is 1. The van der Waals surface area contributed by atoms with E-state index in [-0.39, 0.29) is 11.8 Å². The number of hydrogen-bond acceptors (Lipinski definition) is 4. The number of aromatic nitrogens is 1. The van der Waals surface area contributed by atoms with Gasteiger partial charge in [-0.05, 0) is 53.1 Å². The molecule has 0 aromatic carbocycles. The first-order valence-corrected chi connectivity index (χ1v) is 7.40. The molecule has 2 rings (SSSR count). The Kier molecular flexibility index (Phi) is 4.81. The van der Waals surface area contributed by atoms with E-state index in [4.69, 9.17) is 4.52 Å². The first-order chi connectivity index (χ1) is 9.54. The van der Waals surface area contributed by atoms with E-state index in [2.05, 4.69) is 10.5 Å². The molecule has 5 heteroatoms. The van der Waals surface area contributed by atoms with Crippen LogP contribution in [-0.2, 0) is 4.79 Å². The average Bonchev–Trinajstić information content (AvgIpc) is 2.77. The molecule has 1 fully saturated rings. The Hall–Kier alpha value is -1.36. The van der Waals surface area contributed by atoms with E-state index >= 15 is 0 Å². The molecule has 1 aromatic rings. The SMILES string of the molecule is CNCC1CCCN(C(=O)C(C)c2c(C)noc2C)C1. The van der Waals surface area contributed by atoms with Crippen molar-refractivity contribution < 1.29 is 9.32 Å². The van der Waals surface area contributed by atoms with Crippen LogP contribution in [0, 0.1) is 19.8 Å². The second-order valence-electron chi connectivity index (χ2n) is 5.81. The molecular formula is C15H25N3O2. The van der Waals surface area contributed by atoms with Crippen LogP contribution in [0.5, 0.6) is 0 Å². The van der Waals surface area contributed by atoms with Crippen LogP contribution < -0.4 is 5.32 Å². The van der Waals surface area contributed by atoms with Crippen LogP contribution in [0.1, 0.15) is 42.7 Å². The van der Waals surface area contributed by atoms with Gasteiger partial charge in [-0.3, -0.25) is 4.79 Å². The molecule has 1 aliphatic heterocycles. The highest BCUT2D eigenvalue weighted by Gasteiger charge is 2.30. The van der Waals surface area contributed by atoms with E-state index in [9.17, 15) is 4.79 Å². The largest absolute Gasteiger partial charge is 0.361 e. The molecule has 0 bridgehead atoms. The number of nitrogens with zero attached hydrogens (tertiary/aromatic N) is 2. The van der Waals surface area contributed by atoms with Crippen molar-refractivity contribution in [3.63, 3.8) is 0 Å². The van der Waals surface area contributed by atoms with E-state index in [0.717, 1.165) is 43.1 Å². The summed E-state index contributed by atoms with van der Waals surface area (Å²) in [5.41, 5.74) is 1.78. The predicted octanol–water partition coefficient (Wildman–Crippen LogP) is 1.85. The molecule has 1 amide bonds. The van der Waals surface area contributed by atoms with Gasteiger partial charge in [-0.1, -0.05) is 5.16 Å². The maximum absolute atomic E-state index is 12.7. The smallest absolute Gasteiger partial charge is 0.230 e. The molecule has 1 aromatic heterocycles. The maximum atomic E-state index is 12.7. The number of rotatable bonds is 4. The normalized spacial score (nSPS) is 21.0. The Morgan fingerprint density at radius 1 is 1.55 bits per heavy atom. The molecule has 0 spiro atoms. The van der Waals surface area contributed by atoms with E-state index < -0.39 is 0 Å². The van der Waals surface area contributed by atoms with Gasteiger partial charge < -0.3 is 14.7 Å². The summed E-state index contributed by atoms with van der Waals surface area (Å²) in [6.07, 6.45) is 2.29. The summed E-state index contributed by atoms with van der Waals surface area (Å²) < 4.78 is 5.18. The number of hydrogen-bond donors (Lipinski definition) is 1. The van der Waals surface area contributed by atoms with E-state index in [1.165, 1.54) is 6.42 Å². The maximum Gasteiger partial charge on any atom is 0.230 e. The Labute approximate surface area is 120 Å². The summed E-state index contributed by atoms with van der Waals surface area (Å²) in [5.74, 6) is 1.34. The molecule has 1 saturated heterocycles. The van der Waals surface area contributed by atoms with Crippen molar-refractivity contribution in [2.45, 2.75) is 39.5 Å². The molecule has 20 heavy (non-hydrogen) atoms. The fourth-order valence-corrected chi connectivity index (χ4v) is 3.23. The molecule has 0 saturated carbocycles. The van der Waals surface area contributed by atoms with Crippen molar-refractivity contribution in [2.24, 2.45) is 5.92 Å². The Morgan fingerprint density at radius 3 is 2.90 bits per heavy atom. The quantitative estimate of drug-likeness (QED) is 0.914. The minimum absolute atomic E-state index is 0.172. The second-order valence-corrected chi connectivity index (χ2v) is 5.81. The third-order valence-corrected chi connectivity index (χ3v) is 4.22. The van der Waals surface area contributed by atoms with Crippen LogP contribution in [0.25, 0.3) is 0 Å². The van der Waals surface area contributed by atoms with Gasteiger partial charge in [0, 0.05) is 18.7 Å². The van der Waals surface area contributed by atoms with Crippen LogP contribution in [0.15, 0.2) is 4.52 Å². The Balaban J connectivity index is 2.07. The van der Waals surface area contributed by atoms with Gasteiger partial charge in [-0.25, -0.2) is 0 Å². The Bertz CT molecular complexity index is 448. The number of aryl methyl sites for hydroxylation is 2. The summed E-state index contributed by atoms with van der Waals surface area (Å²) in [7, 11) is 1.97. The van der Waals surface area contributed by atoms with Crippen molar-refractivity contribution in [1.82, 2.24) is 15.4 Å². The molecule has 1 aliphatic rings. The molecule has 1 N–H and O–H groups in total. The van der Waals surface area contributed by atoms with Crippen LogP contribution in [0.4, 0.5) is 0 Å². The zero-order chi connectivity index (χ0) is 14.7. The van der Waals surface area contributed by atoms with Gasteiger partial charge in [0.2, 0.25) is 5.91 Å². The third kappa shape index (κ3) is 3.03. The zero-order valence-corrected chi connectivity index (χ0v) is 12.9. The predicted molar refractivity (Wildman–Crippen MR) is 77.6 cm³/mol. The van der Waals surface area contributed by atoms with E-state index in [0.29, 0.717) is 5.92 Å². The number of carbonyl (C=O) groups is 1. The monoisotopic (exact) mass is 279 g/mol. The van der Waals surface area contributed by atoms with Crippen LogP contribution in [0.3, 0.4) is 0 Å². The molecule has 0 radical (unpaired) electrons.